The van der Waals surface area contributed by atoms with Crippen LogP contribution in [-0.4, -0.2) is 35.2 Å². The Hall–Kier alpha value is -4.16. The van der Waals surface area contributed by atoms with E-state index in [1.165, 1.54) is 18.7 Å². The summed E-state index contributed by atoms with van der Waals surface area (Å²) < 4.78 is 71.3. The van der Waals surface area contributed by atoms with E-state index in [0.717, 1.165) is 17.0 Å². The van der Waals surface area contributed by atoms with Gasteiger partial charge in [0.15, 0.2) is 11.6 Å². The molecule has 0 N–H and O–H groups in total. The number of amides is 1. The van der Waals surface area contributed by atoms with E-state index in [4.69, 9.17) is 0 Å². The van der Waals surface area contributed by atoms with Gasteiger partial charge in [-0.1, -0.05) is 0 Å². The molecule has 1 aromatic carbocycles. The molecule has 1 fully saturated rings. The summed E-state index contributed by atoms with van der Waals surface area (Å²) in [4.78, 5) is 26.5. The standard InChI is InChI=1S/C21H12F5N7O/c22-13-5-12(31-9-11(7-30-31)21(24,25)26)6-14(23)17(13)32-18(34)20(2-3-20)33-16(8-28-19(32)33)15-1-4-27-10-29-15/h1,4-10H,2-3H2. The highest BCUT2D eigenvalue weighted by Crippen LogP contribution is 2.56. The van der Waals surface area contributed by atoms with Crippen LogP contribution < -0.4 is 4.90 Å². The molecule has 34 heavy (non-hydrogen) atoms. The van der Waals surface area contributed by atoms with Crippen molar-refractivity contribution in [3.05, 3.63) is 66.5 Å². The van der Waals surface area contributed by atoms with Crippen LogP contribution in [0.2, 0.25) is 0 Å². The van der Waals surface area contributed by atoms with Crippen molar-refractivity contribution in [1.82, 2.24) is 29.3 Å². The van der Waals surface area contributed by atoms with E-state index in [0.29, 0.717) is 41.3 Å². The second-order valence-corrected chi connectivity index (χ2v) is 7.97. The maximum absolute atomic E-state index is 15.2. The molecule has 1 spiro atoms. The molecule has 4 aromatic rings. The number of hydrogen-bond acceptors (Lipinski definition) is 5. The van der Waals surface area contributed by atoms with Gasteiger partial charge in [-0.2, -0.15) is 18.3 Å². The minimum absolute atomic E-state index is 0.0279. The summed E-state index contributed by atoms with van der Waals surface area (Å²) in [7, 11) is 0. The van der Waals surface area contributed by atoms with Crippen molar-refractivity contribution < 1.29 is 26.7 Å². The number of nitrogens with zero attached hydrogens (tertiary/aromatic N) is 7. The number of fused-ring (bicyclic) bond motifs is 2. The highest BCUT2D eigenvalue weighted by molar-refractivity contribution is 6.09. The van der Waals surface area contributed by atoms with Gasteiger partial charge in [0, 0.05) is 24.5 Å². The quantitative estimate of drug-likeness (QED) is 0.421. The van der Waals surface area contributed by atoms with Crippen molar-refractivity contribution in [2.45, 2.75) is 24.6 Å². The predicted octanol–water partition coefficient (Wildman–Crippen LogP) is 3.99. The zero-order valence-electron chi connectivity index (χ0n) is 17.0. The van der Waals surface area contributed by atoms with Crippen LogP contribution >= 0.6 is 0 Å². The van der Waals surface area contributed by atoms with Gasteiger partial charge in [0.1, 0.15) is 17.6 Å². The zero-order chi connectivity index (χ0) is 23.8. The van der Waals surface area contributed by atoms with Crippen LogP contribution in [0.15, 0.2) is 49.3 Å². The lowest BCUT2D eigenvalue weighted by atomic mass is 10.2. The molecular formula is C21H12F5N7O. The fourth-order valence-corrected chi connectivity index (χ4v) is 4.21. The molecule has 0 atom stereocenters. The highest BCUT2D eigenvalue weighted by Gasteiger charge is 2.62. The van der Waals surface area contributed by atoms with E-state index in [2.05, 4.69) is 20.1 Å². The molecule has 4 heterocycles. The van der Waals surface area contributed by atoms with Crippen LogP contribution in [0.3, 0.4) is 0 Å². The van der Waals surface area contributed by atoms with Gasteiger partial charge in [-0.3, -0.25) is 9.36 Å². The first-order valence-corrected chi connectivity index (χ1v) is 10.0. The van der Waals surface area contributed by atoms with E-state index >= 15 is 8.78 Å². The molecule has 0 radical (unpaired) electrons. The number of carbonyl (C=O) groups is 1. The van der Waals surface area contributed by atoms with E-state index in [1.807, 2.05) is 0 Å². The molecule has 3 aromatic heterocycles. The van der Waals surface area contributed by atoms with Gasteiger partial charge in [-0.25, -0.2) is 33.3 Å². The second-order valence-electron chi connectivity index (χ2n) is 7.97. The molecule has 13 heteroatoms. The first kappa shape index (κ1) is 20.4. The number of rotatable bonds is 3. The first-order valence-electron chi connectivity index (χ1n) is 10.0. The average Bonchev–Trinajstić information content (AvgIpc) is 3.16. The molecule has 2 aliphatic rings. The first-order chi connectivity index (χ1) is 16.2. The lowest BCUT2D eigenvalue weighted by molar-refractivity contribution is -0.137. The van der Waals surface area contributed by atoms with Crippen molar-refractivity contribution in [3.63, 3.8) is 0 Å². The Kier molecular flexibility index (Phi) is 4.02. The Morgan fingerprint density at radius 3 is 2.35 bits per heavy atom. The highest BCUT2D eigenvalue weighted by atomic mass is 19.4. The molecule has 1 aliphatic carbocycles. The van der Waals surface area contributed by atoms with Crippen molar-refractivity contribution >= 4 is 17.5 Å². The number of anilines is 2. The van der Waals surface area contributed by atoms with Crippen LogP contribution in [0.4, 0.5) is 33.6 Å². The Morgan fingerprint density at radius 2 is 1.76 bits per heavy atom. The maximum Gasteiger partial charge on any atom is 0.419 e. The minimum Gasteiger partial charge on any atom is -0.293 e. The van der Waals surface area contributed by atoms with Gasteiger partial charge in [-0.05, 0) is 18.9 Å². The summed E-state index contributed by atoms with van der Waals surface area (Å²) in [5.74, 6) is -2.82. The maximum atomic E-state index is 15.2. The Morgan fingerprint density at radius 1 is 1.03 bits per heavy atom. The molecule has 0 unspecified atom stereocenters. The van der Waals surface area contributed by atoms with Crippen LogP contribution in [-0.2, 0) is 16.5 Å². The number of carbonyl (C=O) groups excluding carboxylic acids is 1. The smallest absolute Gasteiger partial charge is 0.293 e. The summed E-state index contributed by atoms with van der Waals surface area (Å²) >= 11 is 0. The lowest BCUT2D eigenvalue weighted by Crippen LogP contribution is -2.31. The summed E-state index contributed by atoms with van der Waals surface area (Å²) in [6.07, 6.45) is 1.75. The summed E-state index contributed by atoms with van der Waals surface area (Å²) in [6.45, 7) is 0. The van der Waals surface area contributed by atoms with Gasteiger partial charge in [-0.15, -0.1) is 0 Å². The van der Waals surface area contributed by atoms with Gasteiger partial charge >= 0.3 is 6.18 Å². The predicted molar refractivity (Wildman–Crippen MR) is 106 cm³/mol. The van der Waals surface area contributed by atoms with E-state index in [1.54, 1.807) is 10.6 Å². The number of halogens is 5. The molecule has 8 nitrogen and oxygen atoms in total. The molecule has 0 saturated heterocycles. The third-order valence-electron chi connectivity index (χ3n) is 5.94. The molecule has 1 amide bonds. The third-order valence-corrected chi connectivity index (χ3v) is 5.94. The molecule has 1 aliphatic heterocycles. The lowest BCUT2D eigenvalue weighted by Gasteiger charge is -2.18. The second kappa shape index (κ2) is 6.68. The molecule has 0 bridgehead atoms. The SMILES string of the molecule is O=C1N(c2c(F)cc(-n3cc(C(F)(F)F)cn3)cc2F)c2ncc(-c3ccncn3)n2C12CC2. The van der Waals surface area contributed by atoms with Gasteiger partial charge < -0.3 is 0 Å². The summed E-state index contributed by atoms with van der Waals surface area (Å²) in [5.41, 5.74) is -2.03. The fraction of sp³-hybridized carbons (Fsp3) is 0.190. The third kappa shape index (κ3) is 2.79. The normalized spacial score (nSPS) is 16.4. The van der Waals surface area contributed by atoms with Gasteiger partial charge in [0.05, 0.1) is 35.0 Å². The van der Waals surface area contributed by atoms with Crippen LogP contribution in [0.1, 0.15) is 18.4 Å². The van der Waals surface area contributed by atoms with Crippen LogP contribution in [0.25, 0.3) is 17.1 Å². The van der Waals surface area contributed by atoms with Crippen LogP contribution in [0, 0.1) is 11.6 Å². The Balaban J connectivity index is 1.45. The topological polar surface area (TPSA) is 81.7 Å². The molecular weight excluding hydrogens is 461 g/mol. The van der Waals surface area contributed by atoms with Crippen molar-refractivity contribution in [3.8, 4) is 17.1 Å². The number of hydrogen-bond donors (Lipinski definition) is 0. The van der Waals surface area contributed by atoms with Gasteiger partial charge in [0.25, 0.3) is 5.91 Å². The number of imidazole rings is 1. The van der Waals surface area contributed by atoms with E-state index < -0.39 is 40.5 Å². The van der Waals surface area contributed by atoms with Crippen molar-refractivity contribution in [2.75, 3.05) is 4.90 Å². The molecule has 6 rings (SSSR count). The largest absolute Gasteiger partial charge is 0.419 e. The minimum atomic E-state index is -4.66. The van der Waals surface area contributed by atoms with Crippen LogP contribution in [0.5, 0.6) is 0 Å². The average molecular weight is 473 g/mol. The Bertz CT molecular complexity index is 1430. The fourth-order valence-electron chi connectivity index (χ4n) is 4.21. The van der Waals surface area contributed by atoms with E-state index in [9.17, 15) is 18.0 Å². The van der Waals surface area contributed by atoms with E-state index in [-0.39, 0.29) is 11.6 Å². The van der Waals surface area contributed by atoms with Gasteiger partial charge in [0.2, 0.25) is 5.95 Å². The summed E-state index contributed by atoms with van der Waals surface area (Å²) in [6, 6.07) is 3.26. The van der Waals surface area contributed by atoms with Crippen molar-refractivity contribution in [2.24, 2.45) is 0 Å². The summed E-state index contributed by atoms with van der Waals surface area (Å²) in [5, 5.41) is 3.54. The number of aromatic nitrogens is 6. The van der Waals surface area contributed by atoms with Crippen molar-refractivity contribution in [1.29, 1.82) is 0 Å². The number of alkyl halides is 3. The zero-order valence-corrected chi connectivity index (χ0v) is 17.0. The Labute approximate surface area is 187 Å². The monoisotopic (exact) mass is 473 g/mol. The number of benzene rings is 1. The molecule has 1 saturated carbocycles. The molecule has 172 valence electrons.